The van der Waals surface area contributed by atoms with E-state index in [1.807, 2.05) is 0 Å². The zero-order valence-electron chi connectivity index (χ0n) is 11.2. The van der Waals surface area contributed by atoms with Gasteiger partial charge in [-0.25, -0.2) is 4.79 Å². The first kappa shape index (κ1) is 16.1. The fourth-order valence-electron chi connectivity index (χ4n) is 1.70. The molecule has 0 fully saturated rings. The van der Waals surface area contributed by atoms with E-state index in [-0.39, 0.29) is 16.3 Å². The molecule has 0 aromatic heterocycles. The molecule has 2 aromatic rings. The lowest BCUT2D eigenvalue weighted by molar-refractivity contribution is -0.111. The summed E-state index contributed by atoms with van der Waals surface area (Å²) in [7, 11) is 0. The fourth-order valence-corrected chi connectivity index (χ4v) is 2.07. The number of hydrogen-bond donors (Lipinski definition) is 2. The minimum atomic E-state index is -1.10. The molecule has 2 aromatic carbocycles. The highest BCUT2D eigenvalue weighted by atomic mass is 35.5. The molecule has 0 radical (unpaired) electrons. The lowest BCUT2D eigenvalue weighted by atomic mass is 10.2. The van der Waals surface area contributed by atoms with Gasteiger partial charge in [0, 0.05) is 11.1 Å². The van der Waals surface area contributed by atoms with E-state index in [1.54, 1.807) is 30.3 Å². The van der Waals surface area contributed by atoms with Crippen LogP contribution < -0.4 is 5.32 Å². The van der Waals surface area contributed by atoms with Crippen molar-refractivity contribution in [2.45, 2.75) is 0 Å². The molecule has 0 spiro atoms. The molecule has 4 nitrogen and oxygen atoms in total. The van der Waals surface area contributed by atoms with E-state index >= 15 is 0 Å². The Hall–Kier alpha value is -2.30. The van der Waals surface area contributed by atoms with Crippen LogP contribution in [0.4, 0.5) is 5.69 Å². The van der Waals surface area contributed by atoms with Crippen molar-refractivity contribution >= 4 is 46.8 Å². The number of carboxylic acid groups (broad SMARTS) is 1. The summed E-state index contributed by atoms with van der Waals surface area (Å²) in [6.45, 7) is 0. The number of hydrogen-bond acceptors (Lipinski definition) is 2. The zero-order chi connectivity index (χ0) is 16.1. The molecule has 2 rings (SSSR count). The van der Waals surface area contributed by atoms with Gasteiger partial charge in [0.2, 0.25) is 5.91 Å². The maximum atomic E-state index is 11.9. The standard InChI is InChI=1S/C16H11Cl2NO3/c17-12-4-2-1-3-10(12)6-8-15(20)19-14-9-11(16(21)22)5-7-13(14)18/h1-9H,(H,19,20)(H,21,22). The van der Waals surface area contributed by atoms with Gasteiger partial charge in [0.05, 0.1) is 16.3 Å². The van der Waals surface area contributed by atoms with Gasteiger partial charge in [-0.1, -0.05) is 41.4 Å². The number of halogens is 2. The molecule has 1 amide bonds. The van der Waals surface area contributed by atoms with Crippen molar-refractivity contribution in [2.75, 3.05) is 5.32 Å². The van der Waals surface area contributed by atoms with Crippen LogP contribution in [0, 0.1) is 0 Å². The van der Waals surface area contributed by atoms with Crippen molar-refractivity contribution in [3.8, 4) is 0 Å². The number of anilines is 1. The summed E-state index contributed by atoms with van der Waals surface area (Å²) in [4.78, 5) is 22.8. The van der Waals surface area contributed by atoms with Crippen LogP contribution in [0.5, 0.6) is 0 Å². The van der Waals surface area contributed by atoms with E-state index in [4.69, 9.17) is 28.3 Å². The average molecular weight is 336 g/mol. The monoisotopic (exact) mass is 335 g/mol. The number of carbonyl (C=O) groups is 2. The van der Waals surface area contributed by atoms with E-state index in [9.17, 15) is 9.59 Å². The second kappa shape index (κ2) is 7.11. The molecule has 0 aliphatic carbocycles. The van der Waals surface area contributed by atoms with Crippen LogP contribution in [-0.2, 0) is 4.79 Å². The SMILES string of the molecule is O=C(C=Cc1ccccc1Cl)Nc1cc(C(=O)O)ccc1Cl. The average Bonchev–Trinajstić information content (AvgIpc) is 2.48. The van der Waals surface area contributed by atoms with Gasteiger partial charge in [0.25, 0.3) is 0 Å². The molecule has 0 aliphatic rings. The normalized spacial score (nSPS) is 10.6. The molecule has 0 saturated carbocycles. The van der Waals surface area contributed by atoms with E-state index in [2.05, 4.69) is 5.32 Å². The molecule has 0 unspecified atom stereocenters. The largest absolute Gasteiger partial charge is 0.478 e. The number of aromatic carboxylic acids is 1. The van der Waals surface area contributed by atoms with Gasteiger partial charge in [-0.15, -0.1) is 0 Å². The Bertz CT molecular complexity index is 757. The third-order valence-corrected chi connectivity index (χ3v) is 3.46. The molecule has 0 saturated heterocycles. The number of carboxylic acids is 1. The Morgan fingerprint density at radius 2 is 1.77 bits per heavy atom. The van der Waals surface area contributed by atoms with Crippen LogP contribution in [0.1, 0.15) is 15.9 Å². The first-order valence-electron chi connectivity index (χ1n) is 6.24. The number of benzene rings is 2. The third-order valence-electron chi connectivity index (χ3n) is 2.79. The van der Waals surface area contributed by atoms with Gasteiger partial charge in [0.15, 0.2) is 0 Å². The molecule has 2 N–H and O–H groups in total. The number of amides is 1. The highest BCUT2D eigenvalue weighted by molar-refractivity contribution is 6.34. The molecule has 0 heterocycles. The lowest BCUT2D eigenvalue weighted by Crippen LogP contribution is -2.09. The summed E-state index contributed by atoms with van der Waals surface area (Å²) in [5.74, 6) is -1.54. The highest BCUT2D eigenvalue weighted by Gasteiger charge is 2.08. The molecule has 22 heavy (non-hydrogen) atoms. The Balaban J connectivity index is 2.14. The Morgan fingerprint density at radius 3 is 2.45 bits per heavy atom. The molecular weight excluding hydrogens is 325 g/mol. The van der Waals surface area contributed by atoms with Gasteiger partial charge >= 0.3 is 5.97 Å². The molecule has 0 atom stereocenters. The smallest absolute Gasteiger partial charge is 0.335 e. The number of rotatable bonds is 4. The van der Waals surface area contributed by atoms with E-state index < -0.39 is 11.9 Å². The van der Waals surface area contributed by atoms with Crippen LogP contribution in [-0.4, -0.2) is 17.0 Å². The van der Waals surface area contributed by atoms with Crippen molar-refractivity contribution in [3.63, 3.8) is 0 Å². The van der Waals surface area contributed by atoms with Gasteiger partial charge in [-0.05, 0) is 35.9 Å². The Labute approximate surface area is 137 Å². The molecule has 0 bridgehead atoms. The number of nitrogens with one attached hydrogen (secondary N) is 1. The van der Waals surface area contributed by atoms with Crippen LogP contribution in [0.15, 0.2) is 48.5 Å². The van der Waals surface area contributed by atoms with Crippen LogP contribution in [0.2, 0.25) is 10.0 Å². The first-order valence-corrected chi connectivity index (χ1v) is 6.99. The summed E-state index contributed by atoms with van der Waals surface area (Å²) in [6, 6.07) is 11.1. The first-order chi connectivity index (χ1) is 10.5. The van der Waals surface area contributed by atoms with E-state index in [1.165, 1.54) is 24.3 Å². The Morgan fingerprint density at radius 1 is 1.05 bits per heavy atom. The van der Waals surface area contributed by atoms with Gasteiger partial charge < -0.3 is 10.4 Å². The van der Waals surface area contributed by atoms with Crippen LogP contribution in [0.3, 0.4) is 0 Å². The molecular formula is C16H11Cl2NO3. The lowest BCUT2D eigenvalue weighted by Gasteiger charge is -2.06. The van der Waals surface area contributed by atoms with E-state index in [0.29, 0.717) is 10.6 Å². The summed E-state index contributed by atoms with van der Waals surface area (Å²) in [6.07, 6.45) is 2.86. The summed E-state index contributed by atoms with van der Waals surface area (Å²) in [5, 5.41) is 12.2. The summed E-state index contributed by atoms with van der Waals surface area (Å²) < 4.78 is 0. The maximum absolute atomic E-state index is 11.9. The Kier molecular flexibility index (Phi) is 5.20. The molecule has 6 heteroatoms. The van der Waals surface area contributed by atoms with Crippen molar-refractivity contribution in [3.05, 3.63) is 69.7 Å². The van der Waals surface area contributed by atoms with Gasteiger partial charge in [-0.3, -0.25) is 4.79 Å². The second-order valence-electron chi connectivity index (χ2n) is 4.34. The summed E-state index contributed by atoms with van der Waals surface area (Å²) in [5.41, 5.74) is 0.967. The van der Waals surface area contributed by atoms with Crippen LogP contribution >= 0.6 is 23.2 Å². The van der Waals surface area contributed by atoms with Crippen molar-refractivity contribution < 1.29 is 14.7 Å². The van der Waals surface area contributed by atoms with Crippen molar-refractivity contribution in [1.29, 1.82) is 0 Å². The predicted octanol–water partition coefficient (Wildman–Crippen LogP) is 4.34. The van der Waals surface area contributed by atoms with Gasteiger partial charge in [-0.2, -0.15) is 0 Å². The van der Waals surface area contributed by atoms with Crippen molar-refractivity contribution in [1.82, 2.24) is 0 Å². The minimum absolute atomic E-state index is 0.0368. The molecule has 112 valence electrons. The number of carbonyl (C=O) groups excluding carboxylic acids is 1. The zero-order valence-corrected chi connectivity index (χ0v) is 12.7. The van der Waals surface area contributed by atoms with Gasteiger partial charge in [0.1, 0.15) is 0 Å². The summed E-state index contributed by atoms with van der Waals surface area (Å²) >= 11 is 11.9. The second-order valence-corrected chi connectivity index (χ2v) is 5.16. The quantitative estimate of drug-likeness (QED) is 0.816. The fraction of sp³-hybridized carbons (Fsp3) is 0. The molecule has 0 aliphatic heterocycles. The predicted molar refractivity (Wildman–Crippen MR) is 87.5 cm³/mol. The minimum Gasteiger partial charge on any atom is -0.478 e. The van der Waals surface area contributed by atoms with Crippen molar-refractivity contribution in [2.24, 2.45) is 0 Å². The highest BCUT2D eigenvalue weighted by Crippen LogP contribution is 2.23. The topological polar surface area (TPSA) is 66.4 Å². The maximum Gasteiger partial charge on any atom is 0.335 e. The van der Waals surface area contributed by atoms with Crippen LogP contribution in [0.25, 0.3) is 6.08 Å². The van der Waals surface area contributed by atoms with E-state index in [0.717, 1.165) is 0 Å². The third kappa shape index (κ3) is 4.10.